The maximum Gasteiger partial charge on any atom is 0.258 e. The van der Waals surface area contributed by atoms with E-state index in [-0.39, 0.29) is 18.6 Å². The molecule has 1 N–H and O–H groups in total. The molecular weight excluding hydrogens is 352 g/mol. The third-order valence-corrected chi connectivity index (χ3v) is 5.49. The molecule has 5 nitrogen and oxygen atoms in total. The summed E-state index contributed by atoms with van der Waals surface area (Å²) in [7, 11) is 1.67. The number of hydrogen-bond donors (Lipinski definition) is 1. The molecule has 28 heavy (non-hydrogen) atoms. The molecule has 1 aliphatic heterocycles. The summed E-state index contributed by atoms with van der Waals surface area (Å²) >= 11 is 0. The predicted octanol–water partition coefficient (Wildman–Crippen LogP) is 3.64. The van der Waals surface area contributed by atoms with E-state index >= 15 is 0 Å². The van der Waals surface area contributed by atoms with Gasteiger partial charge in [-0.05, 0) is 74.7 Å². The highest BCUT2D eigenvalue weighted by Gasteiger charge is 2.24. The van der Waals surface area contributed by atoms with Crippen molar-refractivity contribution in [2.24, 2.45) is 0 Å². The van der Waals surface area contributed by atoms with Crippen LogP contribution in [0.25, 0.3) is 0 Å². The molecule has 1 saturated heterocycles. The van der Waals surface area contributed by atoms with Gasteiger partial charge in [0.05, 0.1) is 13.2 Å². The van der Waals surface area contributed by atoms with Gasteiger partial charge in [0.15, 0.2) is 6.61 Å². The van der Waals surface area contributed by atoms with Gasteiger partial charge in [0, 0.05) is 6.54 Å². The summed E-state index contributed by atoms with van der Waals surface area (Å²) in [5.41, 5.74) is 3.42. The minimum Gasteiger partial charge on any atom is -0.497 e. The molecule has 5 heteroatoms. The molecule has 1 amide bonds. The maximum absolute atomic E-state index is 12.4. The molecule has 150 valence electrons. The van der Waals surface area contributed by atoms with E-state index in [1.165, 1.54) is 18.4 Å². The van der Waals surface area contributed by atoms with Gasteiger partial charge in [0.2, 0.25) is 0 Å². The first kappa shape index (κ1) is 20.2. The molecule has 2 aromatic rings. The monoisotopic (exact) mass is 382 g/mol. The number of carbonyl (C=O) groups excluding carboxylic acids is 1. The highest BCUT2D eigenvalue weighted by Crippen LogP contribution is 2.26. The predicted molar refractivity (Wildman–Crippen MR) is 111 cm³/mol. The number of hydrogen-bond acceptors (Lipinski definition) is 4. The Bertz CT molecular complexity index is 783. The Morgan fingerprint density at radius 3 is 2.50 bits per heavy atom. The quantitative estimate of drug-likeness (QED) is 0.757. The Balaban J connectivity index is 1.59. The Morgan fingerprint density at radius 1 is 1.11 bits per heavy atom. The molecule has 0 saturated carbocycles. The van der Waals surface area contributed by atoms with Gasteiger partial charge in [0.25, 0.3) is 5.91 Å². The zero-order chi connectivity index (χ0) is 19.9. The van der Waals surface area contributed by atoms with Gasteiger partial charge in [-0.2, -0.15) is 0 Å². The molecule has 0 unspecified atom stereocenters. The van der Waals surface area contributed by atoms with Crippen molar-refractivity contribution in [3.63, 3.8) is 0 Å². The van der Waals surface area contributed by atoms with Crippen molar-refractivity contribution in [2.45, 2.75) is 32.7 Å². The van der Waals surface area contributed by atoms with Gasteiger partial charge < -0.3 is 14.8 Å². The molecule has 0 radical (unpaired) electrons. The first-order valence-corrected chi connectivity index (χ1v) is 9.92. The molecule has 1 fully saturated rings. The van der Waals surface area contributed by atoms with Gasteiger partial charge in [-0.15, -0.1) is 0 Å². The van der Waals surface area contributed by atoms with Crippen LogP contribution in [0.1, 0.15) is 35.6 Å². The number of nitrogens with zero attached hydrogens (tertiary/aromatic N) is 1. The Labute approximate surface area is 167 Å². The van der Waals surface area contributed by atoms with E-state index in [2.05, 4.69) is 22.3 Å². The second kappa shape index (κ2) is 9.60. The highest BCUT2D eigenvalue weighted by molar-refractivity contribution is 5.77. The fraction of sp³-hybridized carbons (Fsp3) is 0.435. The average molecular weight is 383 g/mol. The Kier molecular flexibility index (Phi) is 6.93. The lowest BCUT2D eigenvalue weighted by Gasteiger charge is -2.28. The molecule has 2 aromatic carbocycles. The third kappa shape index (κ3) is 5.04. The van der Waals surface area contributed by atoms with Crippen LogP contribution in [0.2, 0.25) is 0 Å². The molecular formula is C23H30N2O3. The number of rotatable bonds is 8. The van der Waals surface area contributed by atoms with Crippen LogP contribution in [0.4, 0.5) is 0 Å². The standard InChI is InChI=1S/C23H30N2O3/c1-17-7-6-8-22(18(17)2)28-16-23(26)24-15-21(25-13-4-5-14-25)19-9-11-20(27-3)12-10-19/h6-12,21H,4-5,13-16H2,1-3H3,(H,24,26)/t21-/m1/s1. The average Bonchev–Trinajstić information content (AvgIpc) is 3.24. The van der Waals surface area contributed by atoms with Crippen LogP contribution in [-0.4, -0.2) is 44.2 Å². The van der Waals surface area contributed by atoms with Gasteiger partial charge >= 0.3 is 0 Å². The van der Waals surface area contributed by atoms with Crippen molar-refractivity contribution in [3.05, 3.63) is 59.2 Å². The third-order valence-electron chi connectivity index (χ3n) is 5.49. The first-order valence-electron chi connectivity index (χ1n) is 9.92. The molecule has 1 aliphatic rings. The summed E-state index contributed by atoms with van der Waals surface area (Å²) in [4.78, 5) is 14.8. The minimum absolute atomic E-state index is 0.0274. The zero-order valence-corrected chi connectivity index (χ0v) is 17.0. The van der Waals surface area contributed by atoms with Crippen LogP contribution in [0.5, 0.6) is 11.5 Å². The lowest BCUT2D eigenvalue weighted by molar-refractivity contribution is -0.123. The van der Waals surface area contributed by atoms with Crippen molar-refractivity contribution in [3.8, 4) is 11.5 Å². The number of ether oxygens (including phenoxy) is 2. The SMILES string of the molecule is COc1ccc([C@@H](CNC(=O)COc2cccc(C)c2C)N2CCCC2)cc1. The van der Waals surface area contributed by atoms with Crippen LogP contribution >= 0.6 is 0 Å². The topological polar surface area (TPSA) is 50.8 Å². The zero-order valence-electron chi connectivity index (χ0n) is 17.0. The fourth-order valence-corrected chi connectivity index (χ4v) is 3.62. The van der Waals surface area contributed by atoms with Crippen molar-refractivity contribution < 1.29 is 14.3 Å². The number of methoxy groups -OCH3 is 1. The lowest BCUT2D eigenvalue weighted by atomic mass is 10.1. The van der Waals surface area contributed by atoms with Gasteiger partial charge in [-0.25, -0.2) is 0 Å². The van der Waals surface area contributed by atoms with Crippen LogP contribution in [0.15, 0.2) is 42.5 Å². The van der Waals surface area contributed by atoms with Crippen molar-refractivity contribution >= 4 is 5.91 Å². The molecule has 1 heterocycles. The largest absolute Gasteiger partial charge is 0.497 e. The van der Waals surface area contributed by atoms with E-state index in [0.717, 1.165) is 35.7 Å². The molecule has 0 spiro atoms. The molecule has 0 aromatic heterocycles. The minimum atomic E-state index is -0.0985. The Morgan fingerprint density at radius 2 is 1.82 bits per heavy atom. The van der Waals surface area contributed by atoms with Crippen molar-refractivity contribution in [1.29, 1.82) is 0 Å². The van der Waals surface area contributed by atoms with Crippen LogP contribution in [-0.2, 0) is 4.79 Å². The first-order chi connectivity index (χ1) is 13.6. The second-order valence-corrected chi connectivity index (χ2v) is 7.32. The molecule has 0 aliphatic carbocycles. The van der Waals surface area contributed by atoms with Crippen LogP contribution in [0.3, 0.4) is 0 Å². The summed E-state index contributed by atoms with van der Waals surface area (Å²) < 4.78 is 11.0. The van der Waals surface area contributed by atoms with E-state index < -0.39 is 0 Å². The van der Waals surface area contributed by atoms with Gasteiger partial charge in [-0.1, -0.05) is 24.3 Å². The summed E-state index contributed by atoms with van der Waals surface area (Å²) in [5.74, 6) is 1.51. The highest BCUT2D eigenvalue weighted by atomic mass is 16.5. The maximum atomic E-state index is 12.4. The summed E-state index contributed by atoms with van der Waals surface area (Å²) in [6.07, 6.45) is 2.41. The Hall–Kier alpha value is -2.53. The van der Waals surface area contributed by atoms with E-state index in [1.54, 1.807) is 7.11 Å². The summed E-state index contributed by atoms with van der Waals surface area (Å²) in [6, 6.07) is 14.2. The normalized spacial score (nSPS) is 15.2. The van der Waals surface area contributed by atoms with E-state index in [0.29, 0.717) is 6.54 Å². The summed E-state index contributed by atoms with van der Waals surface area (Å²) in [6.45, 7) is 6.77. The van der Waals surface area contributed by atoms with E-state index in [1.807, 2.05) is 44.2 Å². The molecule has 0 bridgehead atoms. The second-order valence-electron chi connectivity index (χ2n) is 7.32. The number of carbonyl (C=O) groups is 1. The van der Waals surface area contributed by atoms with Crippen molar-refractivity contribution in [1.82, 2.24) is 10.2 Å². The van der Waals surface area contributed by atoms with E-state index in [9.17, 15) is 4.79 Å². The smallest absolute Gasteiger partial charge is 0.258 e. The molecule has 1 atom stereocenters. The lowest BCUT2D eigenvalue weighted by Crippen LogP contribution is -2.38. The van der Waals surface area contributed by atoms with Crippen LogP contribution in [0, 0.1) is 13.8 Å². The number of likely N-dealkylation sites (tertiary alicyclic amines) is 1. The fourth-order valence-electron chi connectivity index (χ4n) is 3.62. The van der Waals surface area contributed by atoms with Gasteiger partial charge in [0.1, 0.15) is 11.5 Å². The van der Waals surface area contributed by atoms with Gasteiger partial charge in [-0.3, -0.25) is 9.69 Å². The molecule has 3 rings (SSSR count). The van der Waals surface area contributed by atoms with Crippen molar-refractivity contribution in [2.75, 3.05) is 33.4 Å². The number of nitrogens with one attached hydrogen (secondary N) is 1. The van der Waals surface area contributed by atoms with Crippen LogP contribution < -0.4 is 14.8 Å². The number of amides is 1. The number of aryl methyl sites for hydroxylation is 1. The number of benzene rings is 2. The van der Waals surface area contributed by atoms with E-state index in [4.69, 9.17) is 9.47 Å². The summed E-state index contributed by atoms with van der Waals surface area (Å²) in [5, 5.41) is 3.05.